The third-order valence-corrected chi connectivity index (χ3v) is 2.49. The van der Waals surface area contributed by atoms with Crippen molar-refractivity contribution in [1.82, 2.24) is 15.3 Å². The summed E-state index contributed by atoms with van der Waals surface area (Å²) in [7, 11) is 0. The summed E-state index contributed by atoms with van der Waals surface area (Å²) in [6, 6.07) is 6.13. The van der Waals surface area contributed by atoms with Crippen LogP contribution >= 0.6 is 0 Å². The number of hydrogen-bond acceptors (Lipinski definition) is 3. The molecule has 4 N–H and O–H groups in total. The average molecular weight is 204 g/mol. The minimum atomic E-state index is 0.0395. The molecule has 4 heteroatoms. The predicted octanol–water partition coefficient (Wildman–Crippen LogP) is 1.17. The van der Waals surface area contributed by atoms with E-state index in [0.29, 0.717) is 0 Å². The molecule has 1 aromatic heterocycles. The van der Waals surface area contributed by atoms with Gasteiger partial charge in [-0.25, -0.2) is 4.98 Å². The van der Waals surface area contributed by atoms with E-state index in [1.807, 2.05) is 12.1 Å². The fraction of sp³-hybridized carbons (Fsp3) is 0.364. The SMILES string of the molecule is CCNCC(N)c1ccc2nc[nH]c2c1. The van der Waals surface area contributed by atoms with Crippen LogP contribution < -0.4 is 11.1 Å². The van der Waals surface area contributed by atoms with Gasteiger partial charge in [-0.05, 0) is 24.2 Å². The summed E-state index contributed by atoms with van der Waals surface area (Å²) in [4.78, 5) is 7.25. The summed E-state index contributed by atoms with van der Waals surface area (Å²) in [6.07, 6.45) is 1.70. The first-order valence-electron chi connectivity index (χ1n) is 5.20. The Hall–Kier alpha value is -1.39. The zero-order valence-electron chi connectivity index (χ0n) is 8.83. The fourth-order valence-corrected chi connectivity index (χ4v) is 1.60. The van der Waals surface area contributed by atoms with Crippen LogP contribution in [-0.2, 0) is 0 Å². The third kappa shape index (κ3) is 2.16. The van der Waals surface area contributed by atoms with Crippen molar-refractivity contribution >= 4 is 11.0 Å². The van der Waals surface area contributed by atoms with E-state index in [9.17, 15) is 0 Å². The highest BCUT2D eigenvalue weighted by atomic mass is 14.9. The Kier molecular flexibility index (Phi) is 2.99. The van der Waals surface area contributed by atoms with E-state index in [1.54, 1.807) is 6.33 Å². The molecule has 1 aromatic carbocycles. The lowest BCUT2D eigenvalue weighted by Crippen LogP contribution is -2.26. The van der Waals surface area contributed by atoms with Crippen LogP contribution in [-0.4, -0.2) is 23.1 Å². The number of nitrogens with two attached hydrogens (primary N) is 1. The molecule has 0 saturated heterocycles. The minimum Gasteiger partial charge on any atom is -0.345 e. The number of H-pyrrole nitrogens is 1. The number of aromatic amines is 1. The first-order valence-corrected chi connectivity index (χ1v) is 5.20. The van der Waals surface area contributed by atoms with Crippen LogP contribution in [0, 0.1) is 0 Å². The largest absolute Gasteiger partial charge is 0.345 e. The fourth-order valence-electron chi connectivity index (χ4n) is 1.60. The Bertz CT molecular complexity index is 435. The Morgan fingerprint density at radius 3 is 3.20 bits per heavy atom. The number of fused-ring (bicyclic) bond motifs is 1. The molecule has 80 valence electrons. The van der Waals surface area contributed by atoms with E-state index in [1.165, 1.54) is 0 Å². The van der Waals surface area contributed by atoms with Crippen molar-refractivity contribution in [3.05, 3.63) is 30.1 Å². The number of hydrogen-bond donors (Lipinski definition) is 3. The highest BCUT2D eigenvalue weighted by molar-refractivity contribution is 5.75. The molecule has 2 aromatic rings. The van der Waals surface area contributed by atoms with E-state index < -0.39 is 0 Å². The highest BCUT2D eigenvalue weighted by Crippen LogP contribution is 2.15. The molecule has 0 spiro atoms. The molecule has 1 unspecified atom stereocenters. The summed E-state index contributed by atoms with van der Waals surface area (Å²) in [5.74, 6) is 0. The van der Waals surface area contributed by atoms with Gasteiger partial charge in [0.1, 0.15) is 0 Å². The third-order valence-electron chi connectivity index (χ3n) is 2.49. The van der Waals surface area contributed by atoms with Crippen molar-refractivity contribution in [2.45, 2.75) is 13.0 Å². The second-order valence-corrected chi connectivity index (χ2v) is 3.59. The molecule has 1 heterocycles. The van der Waals surface area contributed by atoms with Crippen molar-refractivity contribution in [3.63, 3.8) is 0 Å². The number of rotatable bonds is 4. The van der Waals surface area contributed by atoms with Gasteiger partial charge in [0.15, 0.2) is 0 Å². The zero-order chi connectivity index (χ0) is 10.7. The summed E-state index contributed by atoms with van der Waals surface area (Å²) in [5, 5.41) is 3.24. The standard InChI is InChI=1S/C11H16N4/c1-2-13-6-9(12)8-3-4-10-11(5-8)15-7-14-10/h3-5,7,9,13H,2,6,12H2,1H3,(H,14,15). The normalized spacial score (nSPS) is 13.2. The number of benzene rings is 1. The predicted molar refractivity (Wildman–Crippen MR) is 61.6 cm³/mol. The second-order valence-electron chi connectivity index (χ2n) is 3.59. The Morgan fingerprint density at radius 2 is 2.40 bits per heavy atom. The molecule has 0 aliphatic heterocycles. The smallest absolute Gasteiger partial charge is 0.0931 e. The van der Waals surface area contributed by atoms with Gasteiger partial charge in [0.2, 0.25) is 0 Å². The van der Waals surface area contributed by atoms with Gasteiger partial charge < -0.3 is 16.0 Å². The summed E-state index contributed by atoms with van der Waals surface area (Å²) in [5.41, 5.74) is 9.20. The number of nitrogens with zero attached hydrogens (tertiary/aromatic N) is 1. The van der Waals surface area contributed by atoms with Crippen LogP contribution in [0.25, 0.3) is 11.0 Å². The molecule has 0 aliphatic rings. The quantitative estimate of drug-likeness (QED) is 0.700. The average Bonchev–Trinajstić information content (AvgIpc) is 2.72. The molecule has 1 atom stereocenters. The Balaban J connectivity index is 2.19. The monoisotopic (exact) mass is 204 g/mol. The molecule has 0 radical (unpaired) electrons. The van der Waals surface area contributed by atoms with E-state index >= 15 is 0 Å². The molecule has 0 bridgehead atoms. The van der Waals surface area contributed by atoms with Gasteiger partial charge in [0.05, 0.1) is 17.4 Å². The second kappa shape index (κ2) is 4.42. The molecule has 2 rings (SSSR count). The van der Waals surface area contributed by atoms with Gasteiger partial charge in [-0.1, -0.05) is 13.0 Å². The molecular formula is C11H16N4. The van der Waals surface area contributed by atoms with Gasteiger partial charge in [-0.2, -0.15) is 0 Å². The van der Waals surface area contributed by atoms with Gasteiger partial charge in [0.25, 0.3) is 0 Å². The summed E-state index contributed by atoms with van der Waals surface area (Å²) >= 11 is 0. The topological polar surface area (TPSA) is 66.7 Å². The number of nitrogens with one attached hydrogen (secondary N) is 2. The van der Waals surface area contributed by atoms with E-state index in [4.69, 9.17) is 5.73 Å². The van der Waals surface area contributed by atoms with E-state index in [2.05, 4.69) is 28.3 Å². The van der Waals surface area contributed by atoms with Gasteiger partial charge >= 0.3 is 0 Å². The van der Waals surface area contributed by atoms with E-state index in [-0.39, 0.29) is 6.04 Å². The van der Waals surface area contributed by atoms with Crippen LogP contribution in [0.15, 0.2) is 24.5 Å². The molecule has 0 saturated carbocycles. The lowest BCUT2D eigenvalue weighted by atomic mass is 10.1. The maximum absolute atomic E-state index is 6.04. The lowest BCUT2D eigenvalue weighted by molar-refractivity contribution is 0.616. The van der Waals surface area contributed by atoms with Crippen molar-refractivity contribution < 1.29 is 0 Å². The van der Waals surface area contributed by atoms with E-state index in [0.717, 1.165) is 29.7 Å². The molecule has 0 aliphatic carbocycles. The minimum absolute atomic E-state index is 0.0395. The van der Waals surface area contributed by atoms with Gasteiger partial charge in [-0.3, -0.25) is 0 Å². The summed E-state index contributed by atoms with van der Waals surface area (Å²) < 4.78 is 0. The summed E-state index contributed by atoms with van der Waals surface area (Å²) in [6.45, 7) is 3.82. The van der Waals surface area contributed by atoms with Crippen molar-refractivity contribution in [1.29, 1.82) is 0 Å². The van der Waals surface area contributed by atoms with Crippen molar-refractivity contribution in [2.75, 3.05) is 13.1 Å². The maximum atomic E-state index is 6.04. The highest BCUT2D eigenvalue weighted by Gasteiger charge is 2.06. The van der Waals surface area contributed by atoms with Crippen LogP contribution in [0.3, 0.4) is 0 Å². The van der Waals surface area contributed by atoms with Gasteiger partial charge in [-0.15, -0.1) is 0 Å². The van der Waals surface area contributed by atoms with Crippen molar-refractivity contribution in [3.8, 4) is 0 Å². The molecule has 0 amide bonds. The Morgan fingerprint density at radius 1 is 1.53 bits per heavy atom. The first-order chi connectivity index (χ1) is 7.31. The maximum Gasteiger partial charge on any atom is 0.0931 e. The molecule has 15 heavy (non-hydrogen) atoms. The molecular weight excluding hydrogens is 188 g/mol. The molecule has 4 nitrogen and oxygen atoms in total. The van der Waals surface area contributed by atoms with Crippen LogP contribution in [0.4, 0.5) is 0 Å². The number of imidazole rings is 1. The van der Waals surface area contributed by atoms with Crippen LogP contribution in [0.1, 0.15) is 18.5 Å². The molecule has 0 fully saturated rings. The van der Waals surface area contributed by atoms with Crippen molar-refractivity contribution in [2.24, 2.45) is 5.73 Å². The van der Waals surface area contributed by atoms with Crippen LogP contribution in [0.2, 0.25) is 0 Å². The number of aromatic nitrogens is 2. The van der Waals surface area contributed by atoms with Crippen LogP contribution in [0.5, 0.6) is 0 Å². The zero-order valence-corrected chi connectivity index (χ0v) is 8.83. The van der Waals surface area contributed by atoms with Gasteiger partial charge in [0, 0.05) is 12.6 Å². The first kappa shape index (κ1) is 10.1. The Labute approximate surface area is 88.9 Å². The lowest BCUT2D eigenvalue weighted by Gasteiger charge is -2.12. The number of likely N-dealkylation sites (N-methyl/N-ethyl adjacent to an activating group) is 1.